The van der Waals surface area contributed by atoms with Crippen molar-refractivity contribution in [3.8, 4) is 33.6 Å². The average Bonchev–Trinajstić information content (AvgIpc) is 1.08. The fraction of sp³-hybridized carbons (Fsp3) is 0.178. The van der Waals surface area contributed by atoms with Gasteiger partial charge in [0.15, 0.2) is 0 Å². The van der Waals surface area contributed by atoms with Gasteiger partial charge in [0.25, 0.3) is 0 Å². The lowest BCUT2D eigenvalue weighted by atomic mass is 9.80. The minimum absolute atomic E-state index is 0.119. The van der Waals surface area contributed by atoms with E-state index in [9.17, 15) is 0 Å². The van der Waals surface area contributed by atoms with Gasteiger partial charge in [0.05, 0.1) is 22.1 Å². The maximum atomic E-state index is 2.53. The fourth-order valence-electron chi connectivity index (χ4n) is 14.3. The second-order valence-corrected chi connectivity index (χ2v) is 29.9. The van der Waals surface area contributed by atoms with Crippen molar-refractivity contribution < 1.29 is 0 Å². The van der Waals surface area contributed by atoms with Gasteiger partial charge in [-0.1, -0.05) is 253 Å². The summed E-state index contributed by atoms with van der Waals surface area (Å²) in [7, 11) is 0. The van der Waals surface area contributed by atoms with Crippen LogP contribution in [0.25, 0.3) is 98.8 Å². The van der Waals surface area contributed by atoms with Crippen LogP contribution in [-0.2, 0) is 21.7 Å². The van der Waals surface area contributed by atoms with E-state index in [2.05, 4.69) is 381 Å². The van der Waals surface area contributed by atoms with E-state index in [4.69, 9.17) is 0 Å². The molecule has 462 valence electrons. The summed E-state index contributed by atoms with van der Waals surface area (Å²) in [6, 6.07) is 105. The lowest BCUT2D eigenvalue weighted by molar-refractivity contribution is 0.568. The van der Waals surface area contributed by atoms with Gasteiger partial charge in [0, 0.05) is 67.0 Å². The van der Waals surface area contributed by atoms with Crippen molar-refractivity contribution in [3.05, 3.63) is 301 Å². The number of hydrogen-bond donors (Lipinski definition) is 0. The number of fused-ring (bicyclic) bond motifs is 8. The molecule has 13 aromatic carbocycles. The molecule has 0 saturated carbocycles. The fourth-order valence-corrected chi connectivity index (χ4v) is 14.3. The summed E-state index contributed by atoms with van der Waals surface area (Å²) in [6.07, 6.45) is 0. The summed E-state index contributed by atoms with van der Waals surface area (Å²) in [5.41, 5.74) is 23.0. The molecule has 2 aromatic heterocycles. The first-order chi connectivity index (χ1) is 45.2. The normalized spacial score (nSPS) is 12.5. The van der Waals surface area contributed by atoms with Gasteiger partial charge >= 0.3 is 0 Å². The Balaban J connectivity index is 1.03. The Labute approximate surface area is 554 Å². The van der Waals surface area contributed by atoms with Gasteiger partial charge in [-0.05, 0) is 197 Å². The van der Waals surface area contributed by atoms with Crippen LogP contribution in [0.15, 0.2) is 279 Å². The quantitative estimate of drug-likeness (QED) is 0.127. The maximum absolute atomic E-state index is 2.53. The molecule has 0 N–H and O–H groups in total. The van der Waals surface area contributed by atoms with Crippen molar-refractivity contribution in [1.82, 2.24) is 9.13 Å². The molecule has 2 heterocycles. The monoisotopic (exact) mass is 1220 g/mol. The zero-order valence-corrected chi connectivity index (χ0v) is 56.3. The molecule has 0 aliphatic heterocycles. The van der Waals surface area contributed by atoms with E-state index >= 15 is 0 Å². The van der Waals surface area contributed by atoms with Crippen LogP contribution in [0, 0.1) is 0 Å². The van der Waals surface area contributed by atoms with Crippen molar-refractivity contribution >= 4 is 99.3 Å². The molecule has 0 spiro atoms. The summed E-state index contributed by atoms with van der Waals surface area (Å²) in [6.45, 7) is 28.1. The summed E-state index contributed by atoms with van der Waals surface area (Å²) >= 11 is 0. The molecule has 0 saturated heterocycles. The number of rotatable bonds is 10. The largest absolute Gasteiger partial charge is 0.310 e. The second kappa shape index (κ2) is 22.7. The lowest BCUT2D eigenvalue weighted by Gasteiger charge is -2.32. The molecule has 0 radical (unpaired) electrons. The molecule has 0 aliphatic carbocycles. The second-order valence-electron chi connectivity index (χ2n) is 29.9. The third-order valence-electron chi connectivity index (χ3n) is 19.4. The van der Waals surface area contributed by atoms with E-state index in [0.717, 1.165) is 67.7 Å². The Morgan fingerprint density at radius 1 is 0.213 bits per heavy atom. The first-order valence-electron chi connectivity index (χ1n) is 33.4. The smallest absolute Gasteiger partial charge is 0.0561 e. The van der Waals surface area contributed by atoms with Crippen LogP contribution in [0.3, 0.4) is 0 Å². The number of aromatic nitrogens is 2. The number of hydrogen-bond acceptors (Lipinski definition) is 2. The maximum Gasteiger partial charge on any atom is 0.0561 e. The predicted molar refractivity (Wildman–Crippen MR) is 405 cm³/mol. The number of anilines is 6. The SMILES string of the molecule is CC(C)(C)c1cc(N(c2ccc3c(-c4ccccc4)c4cc(N(c5cc(C(C)(C)C)cc(C(C)(C)C)c5)c5ccc6c7ccccc7n(-c7ccccc7)c6c5)ccc4c(-c4ccccc4)c3c2)c2ccc3c4ccccc4n(-c4ccccc4)c3c2)cc(C(C)(C)C)c1. The molecular weight excluding hydrogens is 1140 g/mol. The molecule has 0 aliphatic rings. The van der Waals surface area contributed by atoms with Crippen LogP contribution in [-0.4, -0.2) is 9.13 Å². The predicted octanol–water partition coefficient (Wildman–Crippen LogP) is 25.7. The van der Waals surface area contributed by atoms with Gasteiger partial charge in [-0.3, -0.25) is 0 Å². The van der Waals surface area contributed by atoms with Crippen LogP contribution in [0.5, 0.6) is 0 Å². The third kappa shape index (κ3) is 10.6. The van der Waals surface area contributed by atoms with Crippen molar-refractivity contribution in [2.45, 2.75) is 105 Å². The molecule has 0 unspecified atom stereocenters. The van der Waals surface area contributed by atoms with E-state index in [0.29, 0.717) is 0 Å². The van der Waals surface area contributed by atoms with Gasteiger partial charge in [0.1, 0.15) is 0 Å². The Hall–Kier alpha value is -10.4. The molecule has 94 heavy (non-hydrogen) atoms. The first kappa shape index (κ1) is 59.9. The average molecular weight is 1220 g/mol. The highest BCUT2D eigenvalue weighted by atomic mass is 15.2. The van der Waals surface area contributed by atoms with Gasteiger partial charge in [-0.15, -0.1) is 0 Å². The number of benzene rings is 13. The summed E-state index contributed by atoms with van der Waals surface area (Å²) in [5.74, 6) is 0. The van der Waals surface area contributed by atoms with Crippen LogP contribution in [0.4, 0.5) is 34.1 Å². The van der Waals surface area contributed by atoms with Crippen molar-refractivity contribution in [2.24, 2.45) is 0 Å². The van der Waals surface area contributed by atoms with Crippen LogP contribution < -0.4 is 9.80 Å². The van der Waals surface area contributed by atoms with Crippen LogP contribution in [0.2, 0.25) is 0 Å². The molecule has 4 nitrogen and oxygen atoms in total. The van der Waals surface area contributed by atoms with Gasteiger partial charge in [-0.25, -0.2) is 0 Å². The lowest BCUT2D eigenvalue weighted by Crippen LogP contribution is -2.19. The van der Waals surface area contributed by atoms with E-state index < -0.39 is 0 Å². The topological polar surface area (TPSA) is 16.3 Å². The number of para-hydroxylation sites is 4. The standard InChI is InChI=1S/C90H82N4/c1-87(2,3)61-49-62(88(4,5)6)52-71(51-61)91(69-41-45-75-73-37-25-27-39-81(73)93(83(75)57-69)65-33-21-15-22-34-65)67-43-47-77-79(55-67)85(59-29-17-13-18-30-59)78-48-44-68(56-80(78)86(77)60-31-19-14-20-32-60)92(72-53-63(89(7,8)9)50-64(54-72)90(10,11)12)70-42-46-76-74-38-26-28-40-82(74)94(84(76)58-70)66-35-23-16-24-36-66/h13-58H,1-12H3. The van der Waals surface area contributed by atoms with E-state index in [1.807, 2.05) is 0 Å². The zero-order chi connectivity index (χ0) is 65.0. The highest BCUT2D eigenvalue weighted by molar-refractivity contribution is 6.23. The Bertz CT molecular complexity index is 4990. The van der Waals surface area contributed by atoms with Crippen molar-refractivity contribution in [2.75, 3.05) is 9.80 Å². The summed E-state index contributed by atoms with van der Waals surface area (Å²) < 4.78 is 4.88. The Kier molecular flexibility index (Phi) is 14.5. The highest BCUT2D eigenvalue weighted by Gasteiger charge is 2.29. The van der Waals surface area contributed by atoms with E-state index in [1.54, 1.807) is 0 Å². The minimum Gasteiger partial charge on any atom is -0.310 e. The van der Waals surface area contributed by atoms with E-state index in [-0.39, 0.29) is 21.7 Å². The molecule has 0 amide bonds. The van der Waals surface area contributed by atoms with Gasteiger partial charge in [0.2, 0.25) is 0 Å². The summed E-state index contributed by atoms with van der Waals surface area (Å²) in [4.78, 5) is 5.06. The van der Waals surface area contributed by atoms with Crippen LogP contribution >= 0.6 is 0 Å². The molecule has 0 fully saturated rings. The minimum atomic E-state index is -0.119. The molecule has 15 aromatic rings. The molecule has 0 atom stereocenters. The Morgan fingerprint density at radius 3 is 0.819 bits per heavy atom. The van der Waals surface area contributed by atoms with E-state index in [1.165, 1.54) is 87.5 Å². The van der Waals surface area contributed by atoms with Crippen molar-refractivity contribution in [1.29, 1.82) is 0 Å². The molecular formula is C90H82N4. The highest BCUT2D eigenvalue weighted by Crippen LogP contribution is 2.51. The summed E-state index contributed by atoms with van der Waals surface area (Å²) in [5, 5.41) is 9.62. The van der Waals surface area contributed by atoms with Crippen molar-refractivity contribution in [3.63, 3.8) is 0 Å². The number of nitrogens with zero attached hydrogens (tertiary/aromatic N) is 4. The first-order valence-corrected chi connectivity index (χ1v) is 33.4. The van der Waals surface area contributed by atoms with Gasteiger partial charge in [-0.2, -0.15) is 0 Å². The zero-order valence-electron chi connectivity index (χ0n) is 56.3. The third-order valence-corrected chi connectivity index (χ3v) is 19.4. The molecule has 4 heteroatoms. The molecule has 0 bridgehead atoms. The van der Waals surface area contributed by atoms with Gasteiger partial charge < -0.3 is 18.9 Å². The molecule has 15 rings (SSSR count). The Morgan fingerprint density at radius 2 is 0.489 bits per heavy atom. The van der Waals surface area contributed by atoms with Crippen LogP contribution in [0.1, 0.15) is 105 Å².